The van der Waals surface area contributed by atoms with Gasteiger partial charge in [0.05, 0.1) is 0 Å². The highest BCUT2D eigenvalue weighted by Gasteiger charge is 2.31. The second-order valence-corrected chi connectivity index (χ2v) is 6.50. The van der Waals surface area contributed by atoms with E-state index in [0.29, 0.717) is 0 Å². The molecule has 0 aromatic heterocycles. The summed E-state index contributed by atoms with van der Waals surface area (Å²) in [6.07, 6.45) is 6.00. The normalized spacial score (nSPS) is 28.1. The van der Waals surface area contributed by atoms with E-state index in [1.54, 1.807) is 0 Å². The van der Waals surface area contributed by atoms with E-state index in [0.717, 1.165) is 23.7 Å². The summed E-state index contributed by atoms with van der Waals surface area (Å²) in [7, 11) is 0. The third kappa shape index (κ3) is 2.98. The maximum atomic E-state index is 3.40. The molecule has 1 saturated heterocycles. The van der Waals surface area contributed by atoms with Gasteiger partial charge in [0, 0.05) is 19.6 Å². The second-order valence-electron chi connectivity index (χ2n) is 6.50. The Kier molecular flexibility index (Phi) is 3.21. The standard InChI is InChI=1S/C14H26N2/c1-11(14-6-15-7-14)8-16(9-12-2-3-12)10-13-4-5-13/h11-15H,2-10H2,1H3. The van der Waals surface area contributed by atoms with Crippen molar-refractivity contribution in [2.75, 3.05) is 32.7 Å². The lowest BCUT2D eigenvalue weighted by atomic mass is 9.88. The fraction of sp³-hybridized carbons (Fsp3) is 1.00. The van der Waals surface area contributed by atoms with Gasteiger partial charge < -0.3 is 10.2 Å². The van der Waals surface area contributed by atoms with Gasteiger partial charge in [0.2, 0.25) is 0 Å². The van der Waals surface area contributed by atoms with Crippen molar-refractivity contribution in [2.45, 2.75) is 32.6 Å². The monoisotopic (exact) mass is 222 g/mol. The van der Waals surface area contributed by atoms with Gasteiger partial charge >= 0.3 is 0 Å². The lowest BCUT2D eigenvalue weighted by Gasteiger charge is -2.36. The molecular weight excluding hydrogens is 196 g/mol. The molecule has 3 rings (SSSR count). The summed E-state index contributed by atoms with van der Waals surface area (Å²) in [5.41, 5.74) is 0. The average molecular weight is 222 g/mol. The molecule has 92 valence electrons. The molecule has 0 bridgehead atoms. The number of nitrogens with one attached hydrogen (secondary N) is 1. The van der Waals surface area contributed by atoms with Crippen molar-refractivity contribution in [3.8, 4) is 0 Å². The quantitative estimate of drug-likeness (QED) is 0.708. The van der Waals surface area contributed by atoms with E-state index in [9.17, 15) is 0 Å². The smallest absolute Gasteiger partial charge is 0.00109 e. The van der Waals surface area contributed by atoms with Crippen molar-refractivity contribution >= 4 is 0 Å². The zero-order chi connectivity index (χ0) is 11.0. The van der Waals surface area contributed by atoms with Crippen LogP contribution in [-0.2, 0) is 0 Å². The molecule has 0 radical (unpaired) electrons. The molecule has 2 saturated carbocycles. The van der Waals surface area contributed by atoms with E-state index in [1.165, 1.54) is 58.4 Å². The summed E-state index contributed by atoms with van der Waals surface area (Å²) < 4.78 is 0. The van der Waals surface area contributed by atoms with Gasteiger partial charge in [-0.2, -0.15) is 0 Å². The Morgan fingerprint density at radius 3 is 2.00 bits per heavy atom. The number of hydrogen-bond donors (Lipinski definition) is 1. The molecule has 16 heavy (non-hydrogen) atoms. The van der Waals surface area contributed by atoms with Gasteiger partial charge in [-0.1, -0.05) is 6.92 Å². The van der Waals surface area contributed by atoms with Gasteiger partial charge in [-0.25, -0.2) is 0 Å². The summed E-state index contributed by atoms with van der Waals surface area (Å²) >= 11 is 0. The minimum atomic E-state index is 0.902. The fourth-order valence-corrected chi connectivity index (χ4v) is 2.82. The molecule has 3 fully saturated rings. The lowest BCUT2D eigenvalue weighted by Crippen LogP contribution is -2.48. The maximum absolute atomic E-state index is 3.40. The number of hydrogen-bond acceptors (Lipinski definition) is 2. The van der Waals surface area contributed by atoms with Crippen LogP contribution in [-0.4, -0.2) is 37.6 Å². The lowest BCUT2D eigenvalue weighted by molar-refractivity contribution is 0.157. The van der Waals surface area contributed by atoms with Crippen LogP contribution in [0, 0.1) is 23.7 Å². The number of nitrogens with zero attached hydrogens (tertiary/aromatic N) is 1. The van der Waals surface area contributed by atoms with E-state index in [1.807, 2.05) is 0 Å². The molecule has 2 heteroatoms. The highest BCUT2D eigenvalue weighted by molar-refractivity contribution is 4.86. The maximum Gasteiger partial charge on any atom is 0.00109 e. The first-order chi connectivity index (χ1) is 7.81. The molecule has 2 nitrogen and oxygen atoms in total. The Hall–Kier alpha value is -0.0800. The first-order valence-electron chi connectivity index (χ1n) is 7.24. The molecule has 1 unspecified atom stereocenters. The van der Waals surface area contributed by atoms with Crippen molar-refractivity contribution in [3.05, 3.63) is 0 Å². The van der Waals surface area contributed by atoms with E-state index >= 15 is 0 Å². The van der Waals surface area contributed by atoms with Crippen molar-refractivity contribution in [3.63, 3.8) is 0 Å². The molecule has 0 aromatic carbocycles. The molecule has 1 N–H and O–H groups in total. The van der Waals surface area contributed by atoms with Crippen LogP contribution in [0.3, 0.4) is 0 Å². The Bertz CT molecular complexity index is 215. The highest BCUT2D eigenvalue weighted by Crippen LogP contribution is 2.34. The van der Waals surface area contributed by atoms with Gasteiger partial charge in [-0.05, 0) is 62.4 Å². The summed E-state index contributed by atoms with van der Waals surface area (Å²) in [5, 5.41) is 3.40. The van der Waals surface area contributed by atoms with E-state index < -0.39 is 0 Å². The van der Waals surface area contributed by atoms with Gasteiger partial charge in [0.25, 0.3) is 0 Å². The average Bonchev–Trinajstić information content (AvgIpc) is 2.95. The largest absolute Gasteiger partial charge is 0.316 e. The Morgan fingerprint density at radius 1 is 1.06 bits per heavy atom. The Labute approximate surface area is 99.8 Å². The van der Waals surface area contributed by atoms with Crippen LogP contribution in [0.5, 0.6) is 0 Å². The van der Waals surface area contributed by atoms with E-state index in [4.69, 9.17) is 0 Å². The van der Waals surface area contributed by atoms with Gasteiger partial charge in [0.15, 0.2) is 0 Å². The molecule has 0 amide bonds. The zero-order valence-electron chi connectivity index (χ0n) is 10.6. The third-order valence-corrected chi connectivity index (χ3v) is 4.59. The van der Waals surface area contributed by atoms with Crippen LogP contribution in [0.4, 0.5) is 0 Å². The summed E-state index contributed by atoms with van der Waals surface area (Å²) in [5.74, 6) is 3.98. The van der Waals surface area contributed by atoms with Crippen LogP contribution in [0.25, 0.3) is 0 Å². The SMILES string of the molecule is CC(CN(CC1CC1)CC1CC1)C1CNC1. The van der Waals surface area contributed by atoms with Gasteiger partial charge in [-0.3, -0.25) is 0 Å². The highest BCUT2D eigenvalue weighted by atomic mass is 15.1. The third-order valence-electron chi connectivity index (χ3n) is 4.59. The van der Waals surface area contributed by atoms with Crippen molar-refractivity contribution in [1.29, 1.82) is 0 Å². The van der Waals surface area contributed by atoms with Crippen LogP contribution in [0.15, 0.2) is 0 Å². The van der Waals surface area contributed by atoms with Crippen molar-refractivity contribution in [1.82, 2.24) is 10.2 Å². The minimum absolute atomic E-state index is 0.902. The topological polar surface area (TPSA) is 15.3 Å². The van der Waals surface area contributed by atoms with Crippen molar-refractivity contribution in [2.24, 2.45) is 23.7 Å². The molecule has 3 aliphatic rings. The predicted molar refractivity (Wildman–Crippen MR) is 67.4 cm³/mol. The zero-order valence-corrected chi connectivity index (χ0v) is 10.6. The summed E-state index contributed by atoms with van der Waals surface area (Å²) in [6, 6.07) is 0. The molecular formula is C14H26N2. The Morgan fingerprint density at radius 2 is 1.62 bits per heavy atom. The summed E-state index contributed by atoms with van der Waals surface area (Å²) in [4.78, 5) is 2.79. The molecule has 1 aliphatic heterocycles. The summed E-state index contributed by atoms with van der Waals surface area (Å²) in [6.45, 7) is 9.16. The van der Waals surface area contributed by atoms with Crippen molar-refractivity contribution < 1.29 is 0 Å². The Balaban J connectivity index is 1.45. The molecule has 0 aromatic rings. The second kappa shape index (κ2) is 4.66. The molecule has 0 spiro atoms. The molecule has 1 heterocycles. The first-order valence-corrected chi connectivity index (χ1v) is 7.24. The first kappa shape index (κ1) is 11.0. The fourth-order valence-electron chi connectivity index (χ4n) is 2.82. The van der Waals surface area contributed by atoms with Gasteiger partial charge in [0.1, 0.15) is 0 Å². The predicted octanol–water partition coefficient (Wildman–Crippen LogP) is 1.96. The van der Waals surface area contributed by atoms with Crippen LogP contribution >= 0.6 is 0 Å². The van der Waals surface area contributed by atoms with E-state index in [-0.39, 0.29) is 0 Å². The van der Waals surface area contributed by atoms with Crippen LogP contribution < -0.4 is 5.32 Å². The van der Waals surface area contributed by atoms with Crippen LogP contribution in [0.1, 0.15) is 32.6 Å². The van der Waals surface area contributed by atoms with Crippen LogP contribution in [0.2, 0.25) is 0 Å². The number of rotatable bonds is 7. The minimum Gasteiger partial charge on any atom is -0.316 e. The van der Waals surface area contributed by atoms with E-state index in [2.05, 4.69) is 17.1 Å². The molecule has 2 aliphatic carbocycles. The van der Waals surface area contributed by atoms with Gasteiger partial charge in [-0.15, -0.1) is 0 Å². The molecule has 1 atom stereocenters.